The first kappa shape index (κ1) is 31.5. The smallest absolute Gasteiger partial charge is 0.349 e. The molecule has 10 nitrogen and oxygen atoms in total. The number of hydrogen-bond acceptors (Lipinski definition) is 6. The molecule has 3 aromatic heterocycles. The average Bonchev–Trinajstić information content (AvgIpc) is 3.55. The number of alkyl halides is 5. The molecule has 2 N–H and O–H groups in total. The van der Waals surface area contributed by atoms with Crippen molar-refractivity contribution < 1.29 is 31.5 Å². The molecule has 44 heavy (non-hydrogen) atoms. The minimum absolute atomic E-state index is 0.0344. The third kappa shape index (κ3) is 6.44. The minimum atomic E-state index is -5.85. The van der Waals surface area contributed by atoms with Gasteiger partial charge in [0.05, 0.1) is 23.1 Å². The molecule has 3 heterocycles. The highest BCUT2D eigenvalue weighted by Crippen LogP contribution is 2.42. The summed E-state index contributed by atoms with van der Waals surface area (Å²) in [5.74, 6) is -5.52. The van der Waals surface area contributed by atoms with Crippen LogP contribution in [0.15, 0.2) is 42.7 Å². The molecule has 5 rings (SSSR count). The number of anilines is 1. The van der Waals surface area contributed by atoms with Crippen molar-refractivity contribution >= 4 is 40.1 Å². The van der Waals surface area contributed by atoms with E-state index in [1.807, 2.05) is 6.92 Å². The van der Waals surface area contributed by atoms with Gasteiger partial charge in [-0.25, -0.2) is 9.67 Å². The van der Waals surface area contributed by atoms with Crippen molar-refractivity contribution in [2.24, 2.45) is 5.92 Å². The largest absolute Gasteiger partial charge is 0.459 e. The van der Waals surface area contributed by atoms with Crippen molar-refractivity contribution in [2.45, 2.75) is 58.3 Å². The van der Waals surface area contributed by atoms with Crippen LogP contribution in [0.1, 0.15) is 63.1 Å². The van der Waals surface area contributed by atoms with Crippen molar-refractivity contribution in [3.05, 3.63) is 80.1 Å². The molecule has 1 atom stereocenters. The maximum Gasteiger partial charge on any atom is 0.459 e. The molecule has 0 spiro atoms. The summed E-state index contributed by atoms with van der Waals surface area (Å²) in [5.41, 5.74) is 0.302. The van der Waals surface area contributed by atoms with Gasteiger partial charge in [0.15, 0.2) is 11.5 Å². The molecule has 232 valence electrons. The van der Waals surface area contributed by atoms with Gasteiger partial charge in [-0.2, -0.15) is 42.0 Å². The molecule has 1 saturated carbocycles. The van der Waals surface area contributed by atoms with Crippen LogP contribution in [0.3, 0.4) is 0 Å². The van der Waals surface area contributed by atoms with Crippen molar-refractivity contribution in [1.29, 1.82) is 0 Å². The first-order chi connectivity index (χ1) is 20.7. The molecule has 16 heteroatoms. The molecule has 1 fully saturated rings. The minimum Gasteiger partial charge on any atom is -0.349 e. The Labute approximate surface area is 261 Å². The number of amides is 2. The molecule has 1 aliphatic rings. The van der Waals surface area contributed by atoms with Crippen molar-refractivity contribution in [3.8, 4) is 5.82 Å². The van der Waals surface area contributed by atoms with E-state index >= 15 is 0 Å². The Bertz CT molecular complexity index is 1730. The normalized spacial score (nSPS) is 14.4. The van der Waals surface area contributed by atoms with Crippen LogP contribution >= 0.6 is 22.6 Å². The van der Waals surface area contributed by atoms with Crippen molar-refractivity contribution in [3.63, 3.8) is 0 Å². The lowest BCUT2D eigenvalue weighted by Gasteiger charge is -2.18. The Morgan fingerprint density at radius 3 is 2.45 bits per heavy atom. The number of nitrogens with one attached hydrogen (secondary N) is 2. The summed E-state index contributed by atoms with van der Waals surface area (Å²) in [6, 6.07) is 8.18. The Balaban J connectivity index is 1.49. The van der Waals surface area contributed by atoms with Crippen LogP contribution in [0.4, 0.5) is 27.6 Å². The van der Waals surface area contributed by atoms with Crippen LogP contribution in [-0.4, -0.2) is 53.8 Å². The van der Waals surface area contributed by atoms with Gasteiger partial charge in [0.25, 0.3) is 11.8 Å². The number of aryl methyl sites for hydroxylation is 2. The standard InChI is InChI=1S/C28H26F5IN8O2/c1-14-5-4-8-35-24(14)42-21(11-19(39-42)13-41-36-12-22(40-41)27(29,30)28(31,32)33)26(44)38-23-15(2)9-18(34)10-20(23)25(43)37-16(3)17-6-7-17/h4-5,8-12,16-17H,6-7,13H2,1-3H3,(H,37,43)(H,38,44). The Kier molecular flexibility index (Phi) is 8.48. The highest BCUT2D eigenvalue weighted by atomic mass is 127. The number of halogens is 6. The Hall–Kier alpha value is -3.96. The number of nitrogens with zero attached hydrogens (tertiary/aromatic N) is 6. The van der Waals surface area contributed by atoms with E-state index in [1.54, 1.807) is 38.1 Å². The van der Waals surface area contributed by atoms with E-state index < -0.39 is 30.2 Å². The molecular weight excluding hydrogens is 702 g/mol. The van der Waals surface area contributed by atoms with E-state index in [0.717, 1.165) is 16.4 Å². The van der Waals surface area contributed by atoms with Crippen LogP contribution < -0.4 is 10.6 Å². The van der Waals surface area contributed by atoms with Gasteiger partial charge in [-0.3, -0.25) is 9.59 Å². The fourth-order valence-electron chi connectivity index (χ4n) is 4.60. The average molecular weight is 728 g/mol. The van der Waals surface area contributed by atoms with Crippen LogP contribution in [0.2, 0.25) is 0 Å². The van der Waals surface area contributed by atoms with Crippen LogP contribution in [0.5, 0.6) is 0 Å². The number of carbonyl (C=O) groups excluding carboxylic acids is 2. The predicted molar refractivity (Wildman–Crippen MR) is 157 cm³/mol. The van der Waals surface area contributed by atoms with Gasteiger partial charge in [-0.1, -0.05) is 6.07 Å². The van der Waals surface area contributed by atoms with Gasteiger partial charge in [0.2, 0.25) is 0 Å². The van der Waals surface area contributed by atoms with E-state index in [9.17, 15) is 31.5 Å². The van der Waals surface area contributed by atoms with E-state index in [1.165, 1.54) is 16.9 Å². The topological polar surface area (TPSA) is 120 Å². The molecular formula is C28H26F5IN8O2. The number of aromatic nitrogens is 6. The fraction of sp³-hybridized carbons (Fsp3) is 0.357. The van der Waals surface area contributed by atoms with Crippen LogP contribution in [-0.2, 0) is 12.5 Å². The molecule has 0 saturated heterocycles. The highest BCUT2D eigenvalue weighted by molar-refractivity contribution is 14.1. The summed E-state index contributed by atoms with van der Waals surface area (Å²) in [7, 11) is 0. The SMILES string of the molecule is Cc1cccnc1-n1nc(Cn2ncc(C(F)(F)C(F)(F)F)n2)cc1C(=O)Nc1c(C)cc(I)cc1C(=O)NC(C)C1CC1. The lowest BCUT2D eigenvalue weighted by molar-refractivity contribution is -0.291. The monoisotopic (exact) mass is 728 g/mol. The second kappa shape index (κ2) is 11.9. The first-order valence-electron chi connectivity index (χ1n) is 13.4. The molecule has 4 aromatic rings. The molecule has 1 unspecified atom stereocenters. The third-order valence-corrected chi connectivity index (χ3v) is 7.79. The van der Waals surface area contributed by atoms with Gasteiger partial charge in [-0.05, 0) is 97.5 Å². The van der Waals surface area contributed by atoms with Gasteiger partial charge in [-0.15, -0.1) is 0 Å². The van der Waals surface area contributed by atoms with Crippen molar-refractivity contribution in [1.82, 2.24) is 35.1 Å². The molecule has 0 bridgehead atoms. The lowest BCUT2D eigenvalue weighted by Crippen LogP contribution is -2.35. The lowest BCUT2D eigenvalue weighted by atomic mass is 10.1. The van der Waals surface area contributed by atoms with Gasteiger partial charge >= 0.3 is 12.1 Å². The second-order valence-electron chi connectivity index (χ2n) is 10.6. The van der Waals surface area contributed by atoms with Crippen LogP contribution in [0.25, 0.3) is 5.82 Å². The number of benzene rings is 1. The molecule has 1 aliphatic carbocycles. The number of rotatable bonds is 9. The first-order valence-corrected chi connectivity index (χ1v) is 14.5. The maximum atomic E-state index is 13.8. The predicted octanol–water partition coefficient (Wildman–Crippen LogP) is 5.56. The number of pyridine rings is 1. The van der Waals surface area contributed by atoms with E-state index in [2.05, 4.69) is 53.5 Å². The van der Waals surface area contributed by atoms with Crippen molar-refractivity contribution in [2.75, 3.05) is 5.32 Å². The maximum absolute atomic E-state index is 13.8. The van der Waals surface area contributed by atoms with E-state index in [-0.39, 0.29) is 40.4 Å². The summed E-state index contributed by atoms with van der Waals surface area (Å²) < 4.78 is 68.0. The molecule has 1 aromatic carbocycles. The zero-order chi connectivity index (χ0) is 32.0. The fourth-order valence-corrected chi connectivity index (χ4v) is 5.38. The highest BCUT2D eigenvalue weighted by Gasteiger charge is 2.60. The summed E-state index contributed by atoms with van der Waals surface area (Å²) in [4.78, 5) is 32.0. The van der Waals surface area contributed by atoms with Gasteiger partial charge < -0.3 is 10.6 Å². The quantitative estimate of drug-likeness (QED) is 0.172. The molecule has 0 radical (unpaired) electrons. The molecule has 0 aliphatic heterocycles. The number of hydrogen-bond donors (Lipinski definition) is 2. The summed E-state index contributed by atoms with van der Waals surface area (Å²) in [5, 5.41) is 17.0. The summed E-state index contributed by atoms with van der Waals surface area (Å²) in [6.45, 7) is 4.99. The van der Waals surface area contributed by atoms with Crippen LogP contribution in [0, 0.1) is 23.3 Å². The zero-order valence-corrected chi connectivity index (χ0v) is 25.7. The Morgan fingerprint density at radius 2 is 1.80 bits per heavy atom. The number of carbonyl (C=O) groups is 2. The van der Waals surface area contributed by atoms with E-state index in [4.69, 9.17) is 0 Å². The Morgan fingerprint density at radius 1 is 1.07 bits per heavy atom. The second-order valence-corrected chi connectivity index (χ2v) is 11.9. The summed E-state index contributed by atoms with van der Waals surface area (Å²) in [6.07, 6.45) is -1.96. The molecule has 2 amide bonds. The third-order valence-electron chi connectivity index (χ3n) is 7.16. The summed E-state index contributed by atoms with van der Waals surface area (Å²) >= 11 is 2.09. The zero-order valence-electron chi connectivity index (χ0n) is 23.6. The van der Waals surface area contributed by atoms with Gasteiger partial charge in [0.1, 0.15) is 12.2 Å². The van der Waals surface area contributed by atoms with E-state index in [0.29, 0.717) is 28.0 Å². The van der Waals surface area contributed by atoms with Gasteiger partial charge in [0, 0.05) is 15.8 Å².